The molecule has 2 aromatic heterocycles. The van der Waals surface area contributed by atoms with Gasteiger partial charge in [0.15, 0.2) is 0 Å². The third-order valence-corrected chi connectivity index (χ3v) is 7.12. The van der Waals surface area contributed by atoms with Gasteiger partial charge in [-0.25, -0.2) is 13.4 Å². The number of amides is 1. The zero-order valence-corrected chi connectivity index (χ0v) is 20.3. The summed E-state index contributed by atoms with van der Waals surface area (Å²) < 4.78 is 34.2. The molecule has 2 heterocycles. The molecule has 1 amide bonds. The number of hydrogen-bond donors (Lipinski definition) is 1. The van der Waals surface area contributed by atoms with Crippen LogP contribution in [0.3, 0.4) is 0 Å². The van der Waals surface area contributed by atoms with Crippen molar-refractivity contribution in [1.29, 1.82) is 0 Å². The summed E-state index contributed by atoms with van der Waals surface area (Å²) in [5.41, 5.74) is -0.470. The second-order valence-electron chi connectivity index (χ2n) is 7.58. The number of anilines is 2. The SMILES string of the molecule is C[C@@H](c1ccco1)N(C(=O)c1ccccc1NS(=O)(=O)c1cc([N+](=O)[O-])ccc1Cl)c1ccccn1. The molecule has 0 bridgehead atoms. The summed E-state index contributed by atoms with van der Waals surface area (Å²) in [5.74, 6) is 0.266. The van der Waals surface area contributed by atoms with Gasteiger partial charge in [0.05, 0.1) is 33.5 Å². The van der Waals surface area contributed by atoms with E-state index in [9.17, 15) is 23.3 Å². The molecule has 0 aliphatic carbocycles. The lowest BCUT2D eigenvalue weighted by Gasteiger charge is -2.28. The molecule has 0 aliphatic heterocycles. The first-order valence-corrected chi connectivity index (χ1v) is 12.4. The highest BCUT2D eigenvalue weighted by Crippen LogP contribution is 2.32. The maximum absolute atomic E-state index is 13.8. The predicted octanol–water partition coefficient (Wildman–Crippen LogP) is 5.45. The van der Waals surface area contributed by atoms with Gasteiger partial charge in [-0.1, -0.05) is 29.8 Å². The van der Waals surface area contributed by atoms with Crippen LogP contribution in [-0.2, 0) is 10.0 Å². The molecule has 0 fully saturated rings. The van der Waals surface area contributed by atoms with Crippen molar-refractivity contribution in [2.75, 3.05) is 9.62 Å². The smallest absolute Gasteiger partial charge is 0.270 e. The minimum atomic E-state index is -4.40. The van der Waals surface area contributed by atoms with Gasteiger partial charge in [0.2, 0.25) is 0 Å². The Morgan fingerprint density at radius 1 is 1.11 bits per heavy atom. The number of halogens is 1. The van der Waals surface area contributed by atoms with Crippen LogP contribution in [0, 0.1) is 10.1 Å². The molecule has 0 radical (unpaired) electrons. The maximum atomic E-state index is 13.8. The predicted molar refractivity (Wildman–Crippen MR) is 134 cm³/mol. The lowest BCUT2D eigenvalue weighted by Crippen LogP contribution is -2.34. The van der Waals surface area contributed by atoms with Crippen LogP contribution in [0.4, 0.5) is 17.2 Å². The summed E-state index contributed by atoms with van der Waals surface area (Å²) in [6.07, 6.45) is 3.02. The molecule has 4 aromatic rings. The maximum Gasteiger partial charge on any atom is 0.270 e. The van der Waals surface area contributed by atoms with Crippen molar-refractivity contribution in [3.63, 3.8) is 0 Å². The number of pyridine rings is 1. The number of carbonyl (C=O) groups is 1. The number of benzene rings is 2. The number of nitrogens with zero attached hydrogens (tertiary/aromatic N) is 3. The van der Waals surface area contributed by atoms with E-state index < -0.39 is 37.5 Å². The third-order valence-electron chi connectivity index (χ3n) is 5.27. The van der Waals surface area contributed by atoms with Crippen LogP contribution >= 0.6 is 11.6 Å². The molecule has 4 rings (SSSR count). The molecule has 184 valence electrons. The van der Waals surface area contributed by atoms with Crippen LogP contribution in [0.25, 0.3) is 0 Å². The fraction of sp³-hybridized carbons (Fsp3) is 0.0833. The van der Waals surface area contributed by atoms with E-state index in [4.69, 9.17) is 16.0 Å². The highest BCUT2D eigenvalue weighted by molar-refractivity contribution is 7.92. The van der Waals surface area contributed by atoms with Crippen LogP contribution in [0.1, 0.15) is 29.1 Å². The summed E-state index contributed by atoms with van der Waals surface area (Å²) in [6.45, 7) is 1.75. The lowest BCUT2D eigenvalue weighted by molar-refractivity contribution is -0.385. The molecule has 2 aromatic carbocycles. The van der Waals surface area contributed by atoms with E-state index >= 15 is 0 Å². The zero-order valence-electron chi connectivity index (χ0n) is 18.7. The van der Waals surface area contributed by atoms with Gasteiger partial charge in [-0.05, 0) is 49.4 Å². The Hall–Kier alpha value is -4.22. The number of furan rings is 1. The monoisotopic (exact) mass is 526 g/mol. The molecule has 36 heavy (non-hydrogen) atoms. The molecule has 0 aliphatic rings. The molecular weight excluding hydrogens is 508 g/mol. The van der Waals surface area contributed by atoms with Gasteiger partial charge in [-0.15, -0.1) is 0 Å². The molecule has 0 saturated carbocycles. The van der Waals surface area contributed by atoms with Crippen molar-refractivity contribution in [3.05, 3.63) is 112 Å². The summed E-state index contributed by atoms with van der Waals surface area (Å²) in [7, 11) is -4.40. The van der Waals surface area contributed by atoms with E-state index in [0.717, 1.165) is 18.2 Å². The zero-order chi connectivity index (χ0) is 25.9. The first kappa shape index (κ1) is 24.9. The van der Waals surface area contributed by atoms with E-state index in [-0.39, 0.29) is 16.3 Å². The molecule has 0 unspecified atom stereocenters. The van der Waals surface area contributed by atoms with Crippen LogP contribution in [0.5, 0.6) is 0 Å². The van der Waals surface area contributed by atoms with Crippen molar-refractivity contribution in [2.24, 2.45) is 0 Å². The number of rotatable bonds is 8. The quantitative estimate of drug-likeness (QED) is 0.238. The average Bonchev–Trinajstić information content (AvgIpc) is 3.40. The number of non-ortho nitro benzene ring substituents is 1. The van der Waals surface area contributed by atoms with Crippen LogP contribution in [0.2, 0.25) is 5.02 Å². The van der Waals surface area contributed by atoms with Crippen LogP contribution < -0.4 is 9.62 Å². The largest absolute Gasteiger partial charge is 0.467 e. The van der Waals surface area contributed by atoms with Gasteiger partial charge in [0.25, 0.3) is 21.6 Å². The second-order valence-corrected chi connectivity index (χ2v) is 9.64. The number of aromatic nitrogens is 1. The minimum Gasteiger partial charge on any atom is -0.467 e. The van der Waals surface area contributed by atoms with Gasteiger partial charge in [-0.2, -0.15) is 0 Å². The fourth-order valence-electron chi connectivity index (χ4n) is 3.53. The Labute approximate surface area is 211 Å². The summed E-state index contributed by atoms with van der Waals surface area (Å²) >= 11 is 6.05. The van der Waals surface area contributed by atoms with Crippen molar-refractivity contribution in [3.8, 4) is 0 Å². The fourth-order valence-corrected chi connectivity index (χ4v) is 5.13. The molecule has 0 spiro atoms. The van der Waals surface area contributed by atoms with Crippen LogP contribution in [0.15, 0.2) is 94.6 Å². The van der Waals surface area contributed by atoms with Gasteiger partial charge >= 0.3 is 0 Å². The highest BCUT2D eigenvalue weighted by Gasteiger charge is 2.30. The van der Waals surface area contributed by atoms with E-state index in [0.29, 0.717) is 11.6 Å². The van der Waals surface area contributed by atoms with Crippen molar-refractivity contribution in [1.82, 2.24) is 4.98 Å². The topological polar surface area (TPSA) is 136 Å². The number of nitro groups is 1. The first-order valence-electron chi connectivity index (χ1n) is 10.5. The van der Waals surface area contributed by atoms with Crippen molar-refractivity contribution in [2.45, 2.75) is 17.9 Å². The van der Waals surface area contributed by atoms with Gasteiger partial charge in [0.1, 0.15) is 16.5 Å². The standard InChI is InChI=1S/C24H19ClN4O6S/c1-16(21-9-6-14-35-21)28(23-10-4-5-13-26-23)24(30)18-7-2-3-8-20(18)27-36(33,34)22-15-17(29(31)32)11-12-19(22)25/h2-16,27H,1H3/t16-/m0/s1. The number of carbonyl (C=O) groups excluding carboxylic acids is 1. The van der Waals surface area contributed by atoms with Gasteiger partial charge in [0, 0.05) is 18.3 Å². The van der Waals surface area contributed by atoms with Crippen molar-refractivity contribution >= 4 is 44.7 Å². The van der Waals surface area contributed by atoms with E-state index in [1.54, 1.807) is 49.4 Å². The Morgan fingerprint density at radius 2 is 1.86 bits per heavy atom. The molecule has 0 saturated heterocycles. The second kappa shape index (κ2) is 10.2. The van der Waals surface area contributed by atoms with Crippen molar-refractivity contribution < 1.29 is 22.6 Å². The molecule has 1 N–H and O–H groups in total. The summed E-state index contributed by atoms with van der Waals surface area (Å²) in [4.78, 5) is 29.4. The Morgan fingerprint density at radius 3 is 2.53 bits per heavy atom. The highest BCUT2D eigenvalue weighted by atomic mass is 35.5. The molecule has 1 atom stereocenters. The minimum absolute atomic E-state index is 0.0201. The van der Waals surface area contributed by atoms with E-state index in [1.165, 1.54) is 29.5 Å². The van der Waals surface area contributed by atoms with E-state index in [2.05, 4.69) is 9.71 Å². The number of nitro benzene ring substituents is 1. The number of nitrogens with one attached hydrogen (secondary N) is 1. The normalized spacial score (nSPS) is 12.1. The number of hydrogen-bond acceptors (Lipinski definition) is 7. The van der Waals surface area contributed by atoms with Gasteiger partial charge < -0.3 is 4.42 Å². The van der Waals surface area contributed by atoms with Gasteiger partial charge in [-0.3, -0.25) is 24.5 Å². The number of sulfonamides is 1. The third kappa shape index (κ3) is 5.07. The molecular formula is C24H19ClN4O6S. The average molecular weight is 527 g/mol. The summed E-state index contributed by atoms with van der Waals surface area (Å²) in [6, 6.07) is 17.0. The number of para-hydroxylation sites is 1. The Balaban J connectivity index is 1.76. The lowest BCUT2D eigenvalue weighted by atomic mass is 10.1. The molecule has 12 heteroatoms. The first-order chi connectivity index (χ1) is 17.2. The van der Waals surface area contributed by atoms with Crippen LogP contribution in [-0.4, -0.2) is 24.2 Å². The van der Waals surface area contributed by atoms with E-state index in [1.807, 2.05) is 0 Å². The Kier molecular flexibility index (Phi) is 7.04. The summed E-state index contributed by atoms with van der Waals surface area (Å²) in [5, 5.41) is 10.9. The molecule has 10 nitrogen and oxygen atoms in total. The Bertz CT molecular complexity index is 1510.